The van der Waals surface area contributed by atoms with Crippen LogP contribution in [-0.2, 0) is 0 Å². The molecule has 108 valence electrons. The van der Waals surface area contributed by atoms with Crippen molar-refractivity contribution in [2.45, 2.75) is 39.0 Å². The number of hydrogen-bond donors (Lipinski definition) is 1. The van der Waals surface area contributed by atoms with Gasteiger partial charge >= 0.3 is 0 Å². The lowest BCUT2D eigenvalue weighted by Crippen LogP contribution is -2.15. The molecule has 1 rings (SSSR count). The lowest BCUT2D eigenvalue weighted by Gasteiger charge is -2.08. The molecule has 0 heterocycles. The maximum Gasteiger partial charge on any atom is 0.133 e. The highest BCUT2D eigenvalue weighted by molar-refractivity contribution is 9.11. The summed E-state index contributed by atoms with van der Waals surface area (Å²) >= 11 is 6.93. The average Bonchev–Trinajstić information content (AvgIpc) is 2.39. The van der Waals surface area contributed by atoms with Gasteiger partial charge in [0.25, 0.3) is 0 Å². The SMILES string of the molecule is CCCNCCCCCCOc1ccc(Br)cc1Br. The molecule has 0 aliphatic rings. The quantitative estimate of drug-likeness (QED) is 0.556. The van der Waals surface area contributed by atoms with Crippen molar-refractivity contribution in [3.63, 3.8) is 0 Å². The standard InChI is InChI=1S/C15H23Br2NO/c1-2-9-18-10-5-3-4-6-11-19-15-8-7-13(16)12-14(15)17/h7-8,12,18H,2-6,9-11H2,1H3. The average molecular weight is 393 g/mol. The van der Waals surface area contributed by atoms with Gasteiger partial charge in [-0.3, -0.25) is 0 Å². The smallest absolute Gasteiger partial charge is 0.133 e. The van der Waals surface area contributed by atoms with E-state index in [1.165, 1.54) is 25.7 Å². The van der Waals surface area contributed by atoms with Gasteiger partial charge in [-0.25, -0.2) is 0 Å². The monoisotopic (exact) mass is 391 g/mol. The summed E-state index contributed by atoms with van der Waals surface area (Å²) in [6.45, 7) is 5.28. The summed E-state index contributed by atoms with van der Waals surface area (Å²) in [5.41, 5.74) is 0. The van der Waals surface area contributed by atoms with Crippen LogP contribution in [0.15, 0.2) is 27.1 Å². The minimum atomic E-state index is 0.794. The second kappa shape index (κ2) is 10.7. The maximum absolute atomic E-state index is 5.75. The first kappa shape index (κ1) is 17.0. The lowest BCUT2D eigenvalue weighted by atomic mass is 10.2. The van der Waals surface area contributed by atoms with Crippen molar-refractivity contribution >= 4 is 31.9 Å². The summed E-state index contributed by atoms with van der Waals surface area (Å²) in [6, 6.07) is 6.00. The van der Waals surface area contributed by atoms with Gasteiger partial charge in [-0.2, -0.15) is 0 Å². The van der Waals surface area contributed by atoms with E-state index in [2.05, 4.69) is 44.1 Å². The van der Waals surface area contributed by atoms with Crippen molar-refractivity contribution < 1.29 is 4.74 Å². The van der Waals surface area contributed by atoms with E-state index in [0.717, 1.165) is 40.8 Å². The van der Waals surface area contributed by atoms with Crippen molar-refractivity contribution in [3.05, 3.63) is 27.1 Å². The Labute approximate surface area is 133 Å². The fraction of sp³-hybridized carbons (Fsp3) is 0.600. The van der Waals surface area contributed by atoms with Crippen molar-refractivity contribution in [1.29, 1.82) is 0 Å². The number of nitrogens with one attached hydrogen (secondary N) is 1. The van der Waals surface area contributed by atoms with Crippen molar-refractivity contribution in [3.8, 4) is 5.75 Å². The van der Waals surface area contributed by atoms with Crippen LogP contribution in [-0.4, -0.2) is 19.7 Å². The van der Waals surface area contributed by atoms with Crippen molar-refractivity contribution in [1.82, 2.24) is 5.32 Å². The Bertz CT molecular complexity index is 358. The molecule has 0 saturated heterocycles. The van der Waals surface area contributed by atoms with E-state index in [0.29, 0.717) is 0 Å². The predicted octanol–water partition coefficient (Wildman–Crippen LogP) is 5.15. The third kappa shape index (κ3) is 7.95. The first-order valence-electron chi connectivity index (χ1n) is 7.02. The van der Waals surface area contributed by atoms with Gasteiger partial charge in [0, 0.05) is 4.47 Å². The molecule has 1 N–H and O–H groups in total. The lowest BCUT2D eigenvalue weighted by molar-refractivity contribution is 0.302. The van der Waals surface area contributed by atoms with E-state index in [4.69, 9.17) is 4.74 Å². The highest BCUT2D eigenvalue weighted by Gasteiger charge is 2.01. The number of halogens is 2. The van der Waals surface area contributed by atoms with Crippen LogP contribution >= 0.6 is 31.9 Å². The number of hydrogen-bond acceptors (Lipinski definition) is 2. The van der Waals surface area contributed by atoms with E-state index in [1.807, 2.05) is 18.2 Å². The largest absolute Gasteiger partial charge is 0.492 e. The number of ether oxygens (including phenoxy) is 1. The highest BCUT2D eigenvalue weighted by atomic mass is 79.9. The first-order valence-corrected chi connectivity index (χ1v) is 8.61. The molecule has 0 atom stereocenters. The summed E-state index contributed by atoms with van der Waals surface area (Å²) in [7, 11) is 0. The number of benzene rings is 1. The second-order valence-electron chi connectivity index (χ2n) is 4.59. The summed E-state index contributed by atoms with van der Waals surface area (Å²) in [5, 5.41) is 3.42. The van der Waals surface area contributed by atoms with Crippen LogP contribution in [0.3, 0.4) is 0 Å². The molecule has 19 heavy (non-hydrogen) atoms. The summed E-state index contributed by atoms with van der Waals surface area (Å²) in [5.74, 6) is 0.924. The van der Waals surface area contributed by atoms with Crippen LogP contribution < -0.4 is 10.1 Å². The van der Waals surface area contributed by atoms with Crippen LogP contribution in [0.4, 0.5) is 0 Å². The van der Waals surface area contributed by atoms with Crippen LogP contribution in [0.25, 0.3) is 0 Å². The van der Waals surface area contributed by atoms with Gasteiger partial charge in [0.05, 0.1) is 11.1 Å². The molecule has 4 heteroatoms. The van der Waals surface area contributed by atoms with Gasteiger partial charge in [0.1, 0.15) is 5.75 Å². The van der Waals surface area contributed by atoms with Crippen molar-refractivity contribution in [2.24, 2.45) is 0 Å². The fourth-order valence-electron chi connectivity index (χ4n) is 1.78. The normalized spacial score (nSPS) is 10.7. The molecule has 0 spiro atoms. The van der Waals surface area contributed by atoms with Crippen LogP contribution in [0, 0.1) is 0 Å². The summed E-state index contributed by atoms with van der Waals surface area (Å²) < 4.78 is 7.82. The van der Waals surface area contributed by atoms with Gasteiger partial charge in [-0.1, -0.05) is 35.7 Å². The Balaban J connectivity index is 2.01. The molecule has 0 radical (unpaired) electrons. The Kier molecular flexibility index (Phi) is 9.57. The first-order chi connectivity index (χ1) is 9.24. The van der Waals surface area contributed by atoms with Crippen LogP contribution in [0.1, 0.15) is 39.0 Å². The Morgan fingerprint density at radius 2 is 1.84 bits per heavy atom. The minimum Gasteiger partial charge on any atom is -0.492 e. The summed E-state index contributed by atoms with van der Waals surface area (Å²) in [4.78, 5) is 0. The molecule has 0 unspecified atom stereocenters. The van der Waals surface area contributed by atoms with Gasteiger partial charge < -0.3 is 10.1 Å². The molecular weight excluding hydrogens is 370 g/mol. The zero-order valence-electron chi connectivity index (χ0n) is 11.6. The van der Waals surface area contributed by atoms with E-state index in [1.54, 1.807) is 0 Å². The third-order valence-corrected chi connectivity index (χ3v) is 3.94. The van der Waals surface area contributed by atoms with Crippen LogP contribution in [0.5, 0.6) is 5.75 Å². The Morgan fingerprint density at radius 1 is 1.05 bits per heavy atom. The third-order valence-electron chi connectivity index (χ3n) is 2.83. The molecule has 0 aliphatic carbocycles. The second-order valence-corrected chi connectivity index (χ2v) is 6.36. The molecular formula is C15H23Br2NO. The van der Waals surface area contributed by atoms with E-state index < -0.39 is 0 Å². The van der Waals surface area contributed by atoms with E-state index in [-0.39, 0.29) is 0 Å². The minimum absolute atomic E-state index is 0.794. The van der Waals surface area contributed by atoms with Gasteiger partial charge in [0.2, 0.25) is 0 Å². The highest BCUT2D eigenvalue weighted by Crippen LogP contribution is 2.28. The van der Waals surface area contributed by atoms with E-state index >= 15 is 0 Å². The predicted molar refractivity (Wildman–Crippen MR) is 89.0 cm³/mol. The zero-order chi connectivity index (χ0) is 13.9. The molecule has 0 amide bonds. The molecule has 2 nitrogen and oxygen atoms in total. The Morgan fingerprint density at radius 3 is 2.58 bits per heavy atom. The molecule has 0 saturated carbocycles. The molecule has 1 aromatic carbocycles. The zero-order valence-corrected chi connectivity index (χ0v) is 14.7. The van der Waals surface area contributed by atoms with Crippen molar-refractivity contribution in [2.75, 3.05) is 19.7 Å². The molecule has 0 bridgehead atoms. The summed E-state index contributed by atoms with van der Waals surface area (Å²) in [6.07, 6.45) is 6.12. The maximum atomic E-state index is 5.75. The molecule has 0 aromatic heterocycles. The Hall–Kier alpha value is -0.0600. The number of rotatable bonds is 10. The molecule has 0 aliphatic heterocycles. The van der Waals surface area contributed by atoms with Gasteiger partial charge in [0.15, 0.2) is 0 Å². The van der Waals surface area contributed by atoms with Gasteiger partial charge in [-0.15, -0.1) is 0 Å². The number of unbranched alkanes of at least 4 members (excludes halogenated alkanes) is 3. The fourth-order valence-corrected chi connectivity index (χ4v) is 2.94. The topological polar surface area (TPSA) is 21.3 Å². The molecule has 1 aromatic rings. The van der Waals surface area contributed by atoms with Crippen LogP contribution in [0.2, 0.25) is 0 Å². The van der Waals surface area contributed by atoms with E-state index in [9.17, 15) is 0 Å². The van der Waals surface area contributed by atoms with Gasteiger partial charge in [-0.05, 0) is 66.5 Å². The molecule has 0 fully saturated rings.